The van der Waals surface area contributed by atoms with E-state index in [1.54, 1.807) is 49.5 Å². The molecule has 0 aliphatic heterocycles. The molecule has 0 bridgehead atoms. The van der Waals surface area contributed by atoms with Gasteiger partial charge in [0.1, 0.15) is 5.82 Å². The van der Waals surface area contributed by atoms with Gasteiger partial charge in [0.15, 0.2) is 5.96 Å². The SMILES string of the molecule is CN=C(NCc1ccc(S(=O)(=O)NC)cc1)NCc1ccccc1F. The Balaban J connectivity index is 1.92. The van der Waals surface area contributed by atoms with Crippen LogP contribution in [-0.2, 0) is 23.1 Å². The number of halogens is 1. The van der Waals surface area contributed by atoms with Gasteiger partial charge in [-0.2, -0.15) is 0 Å². The third-order valence-electron chi connectivity index (χ3n) is 3.59. The van der Waals surface area contributed by atoms with Crippen molar-refractivity contribution in [2.75, 3.05) is 14.1 Å². The molecule has 0 aromatic heterocycles. The van der Waals surface area contributed by atoms with Crippen molar-refractivity contribution >= 4 is 16.0 Å². The molecule has 6 nitrogen and oxygen atoms in total. The van der Waals surface area contributed by atoms with Crippen LogP contribution >= 0.6 is 0 Å². The molecule has 0 saturated heterocycles. The van der Waals surface area contributed by atoms with Gasteiger partial charge in [-0.05, 0) is 30.8 Å². The minimum absolute atomic E-state index is 0.209. The van der Waals surface area contributed by atoms with Crippen LogP contribution in [0.1, 0.15) is 11.1 Å². The van der Waals surface area contributed by atoms with E-state index in [0.29, 0.717) is 24.6 Å². The Morgan fingerprint density at radius 2 is 1.68 bits per heavy atom. The maximum absolute atomic E-state index is 13.6. The van der Waals surface area contributed by atoms with Gasteiger partial charge in [-0.25, -0.2) is 17.5 Å². The number of rotatable bonds is 6. The van der Waals surface area contributed by atoms with Crippen molar-refractivity contribution in [2.45, 2.75) is 18.0 Å². The Kier molecular flexibility index (Phi) is 6.49. The zero-order chi connectivity index (χ0) is 18.3. The van der Waals surface area contributed by atoms with Gasteiger partial charge < -0.3 is 10.6 Å². The van der Waals surface area contributed by atoms with E-state index in [2.05, 4.69) is 20.3 Å². The molecule has 2 aromatic rings. The monoisotopic (exact) mass is 364 g/mol. The zero-order valence-electron chi connectivity index (χ0n) is 14.1. The molecular weight excluding hydrogens is 343 g/mol. The molecule has 0 heterocycles. The average molecular weight is 364 g/mol. The zero-order valence-corrected chi connectivity index (χ0v) is 14.9. The number of hydrogen-bond acceptors (Lipinski definition) is 3. The Morgan fingerprint density at radius 1 is 1.04 bits per heavy atom. The lowest BCUT2D eigenvalue weighted by molar-refractivity contribution is 0.588. The van der Waals surface area contributed by atoms with Crippen LogP contribution in [0.15, 0.2) is 58.4 Å². The molecule has 0 atom stereocenters. The Labute approximate surface area is 147 Å². The Hall–Kier alpha value is -2.45. The second-order valence-electron chi connectivity index (χ2n) is 5.22. The Bertz CT molecular complexity index is 836. The van der Waals surface area contributed by atoms with Crippen LogP contribution in [0, 0.1) is 5.82 Å². The second-order valence-corrected chi connectivity index (χ2v) is 7.11. The van der Waals surface area contributed by atoms with Crippen LogP contribution < -0.4 is 15.4 Å². The topological polar surface area (TPSA) is 82.6 Å². The van der Waals surface area contributed by atoms with Crippen LogP contribution in [0.5, 0.6) is 0 Å². The van der Waals surface area contributed by atoms with Crippen LogP contribution in [0.3, 0.4) is 0 Å². The average Bonchev–Trinajstić information content (AvgIpc) is 2.63. The van der Waals surface area contributed by atoms with Crippen molar-refractivity contribution in [1.82, 2.24) is 15.4 Å². The molecule has 0 unspecified atom stereocenters. The summed E-state index contributed by atoms with van der Waals surface area (Å²) in [6.45, 7) is 0.766. The summed E-state index contributed by atoms with van der Waals surface area (Å²) in [7, 11) is -0.441. The second kappa shape index (κ2) is 8.59. The molecule has 2 aromatic carbocycles. The molecular formula is C17H21FN4O2S. The summed E-state index contributed by atoms with van der Waals surface area (Å²) in [5.41, 5.74) is 1.44. The van der Waals surface area contributed by atoms with Crippen molar-refractivity contribution < 1.29 is 12.8 Å². The minimum atomic E-state index is -3.44. The van der Waals surface area contributed by atoms with E-state index < -0.39 is 10.0 Å². The van der Waals surface area contributed by atoms with E-state index in [4.69, 9.17) is 0 Å². The highest BCUT2D eigenvalue weighted by molar-refractivity contribution is 7.89. The van der Waals surface area contributed by atoms with E-state index in [0.717, 1.165) is 5.56 Å². The molecule has 0 aliphatic rings. The summed E-state index contributed by atoms with van der Waals surface area (Å²) < 4.78 is 39.2. The van der Waals surface area contributed by atoms with E-state index in [1.807, 2.05) is 0 Å². The molecule has 3 N–H and O–H groups in total. The third kappa shape index (κ3) is 5.27. The first kappa shape index (κ1) is 18.9. The van der Waals surface area contributed by atoms with Crippen LogP contribution in [0.2, 0.25) is 0 Å². The third-order valence-corrected chi connectivity index (χ3v) is 5.02. The quantitative estimate of drug-likeness (QED) is 0.537. The molecule has 25 heavy (non-hydrogen) atoms. The highest BCUT2D eigenvalue weighted by atomic mass is 32.2. The fraction of sp³-hybridized carbons (Fsp3) is 0.235. The number of nitrogens with one attached hydrogen (secondary N) is 3. The summed E-state index contributed by atoms with van der Waals surface area (Å²) >= 11 is 0. The highest BCUT2D eigenvalue weighted by Crippen LogP contribution is 2.10. The standard InChI is InChI=1S/C17H21FN4O2S/c1-19-17(22-12-14-5-3-4-6-16(14)18)21-11-13-7-9-15(10-8-13)25(23,24)20-2/h3-10,20H,11-12H2,1-2H3,(H2,19,21,22). The molecule has 0 fully saturated rings. The smallest absolute Gasteiger partial charge is 0.240 e. The number of sulfonamides is 1. The lowest BCUT2D eigenvalue weighted by Gasteiger charge is -2.12. The van der Waals surface area contributed by atoms with Crippen molar-refractivity contribution in [3.8, 4) is 0 Å². The molecule has 0 saturated carbocycles. The molecule has 0 spiro atoms. The summed E-state index contributed by atoms with van der Waals surface area (Å²) in [6.07, 6.45) is 0. The lowest BCUT2D eigenvalue weighted by Crippen LogP contribution is -2.36. The first-order valence-electron chi connectivity index (χ1n) is 7.66. The van der Waals surface area contributed by atoms with Crippen molar-refractivity contribution in [3.05, 3.63) is 65.5 Å². The van der Waals surface area contributed by atoms with E-state index in [9.17, 15) is 12.8 Å². The summed E-state index contributed by atoms with van der Waals surface area (Å²) in [4.78, 5) is 4.29. The maximum Gasteiger partial charge on any atom is 0.240 e. The summed E-state index contributed by atoms with van der Waals surface area (Å²) in [5.74, 6) is 0.252. The van der Waals surface area contributed by atoms with Gasteiger partial charge >= 0.3 is 0 Å². The minimum Gasteiger partial charge on any atom is -0.352 e. The largest absolute Gasteiger partial charge is 0.352 e. The van der Waals surface area contributed by atoms with Gasteiger partial charge in [0.25, 0.3) is 0 Å². The van der Waals surface area contributed by atoms with Crippen molar-refractivity contribution in [3.63, 3.8) is 0 Å². The fourth-order valence-electron chi connectivity index (χ4n) is 2.13. The summed E-state index contributed by atoms with van der Waals surface area (Å²) in [6, 6.07) is 13.1. The van der Waals surface area contributed by atoms with Gasteiger partial charge in [0.05, 0.1) is 4.90 Å². The maximum atomic E-state index is 13.6. The van der Waals surface area contributed by atoms with E-state index in [-0.39, 0.29) is 10.7 Å². The number of guanidine groups is 1. The molecule has 0 aliphatic carbocycles. The number of nitrogens with zero attached hydrogens (tertiary/aromatic N) is 1. The number of benzene rings is 2. The van der Waals surface area contributed by atoms with E-state index >= 15 is 0 Å². The molecule has 8 heteroatoms. The molecule has 2 rings (SSSR count). The van der Waals surface area contributed by atoms with Gasteiger partial charge in [0, 0.05) is 25.7 Å². The molecule has 0 radical (unpaired) electrons. The first-order valence-corrected chi connectivity index (χ1v) is 9.15. The number of aliphatic imine (C=N–C) groups is 1. The van der Waals surface area contributed by atoms with Crippen molar-refractivity contribution in [2.24, 2.45) is 4.99 Å². The molecule has 134 valence electrons. The van der Waals surface area contributed by atoms with Gasteiger partial charge in [-0.15, -0.1) is 0 Å². The number of hydrogen-bond donors (Lipinski definition) is 3. The van der Waals surface area contributed by atoms with Crippen molar-refractivity contribution in [1.29, 1.82) is 0 Å². The molecule has 0 amide bonds. The predicted octanol–water partition coefficient (Wildman–Crippen LogP) is 1.60. The van der Waals surface area contributed by atoms with Gasteiger partial charge in [0.2, 0.25) is 10.0 Å². The lowest BCUT2D eigenvalue weighted by atomic mass is 10.2. The van der Waals surface area contributed by atoms with Crippen LogP contribution in [-0.4, -0.2) is 28.5 Å². The Morgan fingerprint density at radius 3 is 2.28 bits per heavy atom. The first-order chi connectivity index (χ1) is 12.0. The van der Waals surface area contributed by atoms with Crippen LogP contribution in [0.25, 0.3) is 0 Å². The van der Waals surface area contributed by atoms with E-state index in [1.165, 1.54) is 13.1 Å². The van der Waals surface area contributed by atoms with Gasteiger partial charge in [-0.1, -0.05) is 30.3 Å². The summed E-state index contributed by atoms with van der Waals surface area (Å²) in [5, 5.41) is 6.13. The van der Waals surface area contributed by atoms with Gasteiger partial charge in [-0.3, -0.25) is 4.99 Å². The van der Waals surface area contributed by atoms with Crippen LogP contribution in [0.4, 0.5) is 4.39 Å². The normalized spacial score (nSPS) is 12.0. The highest BCUT2D eigenvalue weighted by Gasteiger charge is 2.10. The predicted molar refractivity (Wildman–Crippen MR) is 96.1 cm³/mol. The fourth-order valence-corrected chi connectivity index (χ4v) is 2.86.